The smallest absolute Gasteiger partial charge is 0.324 e. The topological polar surface area (TPSA) is 57.5 Å². The molecule has 0 aromatic carbocycles. The van der Waals surface area contributed by atoms with Crippen molar-refractivity contribution < 1.29 is 14.4 Å². The first-order valence-electron chi connectivity index (χ1n) is 8.64. The Balaban J connectivity index is 4.70. The van der Waals surface area contributed by atoms with Gasteiger partial charge >= 0.3 is 7.60 Å². The second kappa shape index (κ2) is 8.31. The molecule has 0 radical (unpaired) electrons. The Kier molecular flexibility index (Phi) is 8.36. The van der Waals surface area contributed by atoms with Gasteiger partial charge in [-0.05, 0) is 47.8 Å². The third-order valence-corrected chi connectivity index (χ3v) is 5.15. The third kappa shape index (κ3) is 12.7. The van der Waals surface area contributed by atoms with Crippen molar-refractivity contribution in [2.24, 2.45) is 28.6 Å². The van der Waals surface area contributed by atoms with Crippen molar-refractivity contribution in [3.8, 4) is 0 Å². The Bertz CT molecular complexity index is 360. The zero-order valence-corrected chi connectivity index (χ0v) is 16.9. The van der Waals surface area contributed by atoms with E-state index in [2.05, 4.69) is 55.4 Å². The lowest BCUT2D eigenvalue weighted by Crippen LogP contribution is -2.23. The van der Waals surface area contributed by atoms with Gasteiger partial charge in [0.15, 0.2) is 0 Å². The SMILES string of the molecule is CC(CCC(CP(=O)(O)O)C(C)CC(C)(C)C)CC(C)(C)C. The fraction of sp³-hybridized carbons (Fsp3) is 1.00. The minimum atomic E-state index is -3.94. The first kappa shape index (κ1) is 22.1. The molecule has 2 N–H and O–H groups in total. The molecule has 0 saturated heterocycles. The molecule has 0 spiro atoms. The molecule has 0 aromatic rings. The largest absolute Gasteiger partial charge is 0.325 e. The van der Waals surface area contributed by atoms with Crippen LogP contribution in [-0.2, 0) is 4.57 Å². The van der Waals surface area contributed by atoms with E-state index in [1.165, 1.54) is 0 Å². The Hall–Kier alpha value is 0.150. The van der Waals surface area contributed by atoms with Crippen LogP contribution in [-0.4, -0.2) is 15.9 Å². The van der Waals surface area contributed by atoms with Crippen LogP contribution < -0.4 is 0 Å². The van der Waals surface area contributed by atoms with E-state index in [-0.39, 0.29) is 17.5 Å². The van der Waals surface area contributed by atoms with Gasteiger partial charge in [-0.1, -0.05) is 61.8 Å². The van der Waals surface area contributed by atoms with Crippen molar-refractivity contribution in [2.75, 3.05) is 6.16 Å². The van der Waals surface area contributed by atoms with Crippen LogP contribution in [0.3, 0.4) is 0 Å². The van der Waals surface area contributed by atoms with E-state index in [1.807, 2.05) is 0 Å². The molecule has 4 heteroatoms. The zero-order chi connectivity index (χ0) is 17.8. The fourth-order valence-corrected chi connectivity index (χ4v) is 4.79. The first-order valence-corrected chi connectivity index (χ1v) is 10.4. The normalized spacial score (nSPS) is 18.1. The summed E-state index contributed by atoms with van der Waals surface area (Å²) in [5.74, 6) is 1.05. The molecular weight excluding hydrogens is 295 g/mol. The molecule has 3 unspecified atom stereocenters. The summed E-state index contributed by atoms with van der Waals surface area (Å²) in [6, 6.07) is 0. The highest BCUT2D eigenvalue weighted by atomic mass is 31.2. The second-order valence-corrected chi connectivity index (χ2v) is 11.5. The van der Waals surface area contributed by atoms with Crippen LogP contribution in [0.1, 0.15) is 81.1 Å². The molecule has 3 atom stereocenters. The molecule has 0 aromatic heterocycles. The summed E-state index contributed by atoms with van der Waals surface area (Å²) in [5.41, 5.74) is 0.513. The molecule has 134 valence electrons. The van der Waals surface area contributed by atoms with Crippen LogP contribution in [0.15, 0.2) is 0 Å². The van der Waals surface area contributed by atoms with Crippen molar-refractivity contribution in [3.05, 3.63) is 0 Å². The molecule has 0 aliphatic carbocycles. The highest BCUT2D eigenvalue weighted by Crippen LogP contribution is 2.43. The van der Waals surface area contributed by atoms with E-state index in [4.69, 9.17) is 0 Å². The van der Waals surface area contributed by atoms with Gasteiger partial charge < -0.3 is 9.79 Å². The quantitative estimate of drug-likeness (QED) is 0.559. The molecule has 0 saturated carbocycles. The molecule has 0 bridgehead atoms. The van der Waals surface area contributed by atoms with Gasteiger partial charge in [0, 0.05) is 0 Å². The van der Waals surface area contributed by atoms with Crippen LogP contribution in [0.5, 0.6) is 0 Å². The number of rotatable bonds is 8. The third-order valence-electron chi connectivity index (χ3n) is 4.20. The van der Waals surface area contributed by atoms with Gasteiger partial charge in [0.25, 0.3) is 0 Å². The molecule has 0 fully saturated rings. The van der Waals surface area contributed by atoms with Crippen molar-refractivity contribution in [3.63, 3.8) is 0 Å². The van der Waals surface area contributed by atoms with Gasteiger partial charge in [-0.15, -0.1) is 0 Å². The van der Waals surface area contributed by atoms with Gasteiger partial charge in [-0.25, -0.2) is 0 Å². The van der Waals surface area contributed by atoms with E-state index < -0.39 is 7.60 Å². The maximum Gasteiger partial charge on any atom is 0.325 e. The van der Waals surface area contributed by atoms with E-state index >= 15 is 0 Å². The minimum Gasteiger partial charge on any atom is -0.324 e. The summed E-state index contributed by atoms with van der Waals surface area (Å²) in [6.45, 7) is 17.7. The standard InChI is InChI=1S/C18H39O3P/c1-14(11-17(3,4)5)9-10-16(13-22(19,20)21)15(2)12-18(6,7)8/h14-16H,9-13H2,1-8H3,(H2,19,20,21). The lowest BCUT2D eigenvalue weighted by Gasteiger charge is -2.31. The summed E-state index contributed by atoms with van der Waals surface area (Å²) in [4.78, 5) is 18.8. The van der Waals surface area contributed by atoms with Crippen molar-refractivity contribution in [1.82, 2.24) is 0 Å². The highest BCUT2D eigenvalue weighted by Gasteiger charge is 2.29. The summed E-state index contributed by atoms with van der Waals surface area (Å²) in [6.07, 6.45) is 4.16. The summed E-state index contributed by atoms with van der Waals surface area (Å²) < 4.78 is 11.5. The number of hydrogen-bond donors (Lipinski definition) is 2. The Morgan fingerprint density at radius 1 is 0.864 bits per heavy atom. The van der Waals surface area contributed by atoms with Crippen LogP contribution in [0.4, 0.5) is 0 Å². The lowest BCUT2D eigenvalue weighted by molar-refractivity contribution is 0.216. The fourth-order valence-electron chi connectivity index (χ4n) is 3.64. The molecule has 3 nitrogen and oxygen atoms in total. The molecule has 0 aliphatic heterocycles. The van der Waals surface area contributed by atoms with Crippen molar-refractivity contribution >= 4 is 7.60 Å². The average molecular weight is 334 g/mol. The second-order valence-electron chi connectivity index (χ2n) is 9.80. The maximum atomic E-state index is 11.5. The van der Waals surface area contributed by atoms with E-state index in [0.717, 1.165) is 25.7 Å². The molecular formula is C18H39O3P. The lowest BCUT2D eigenvalue weighted by atomic mass is 9.77. The summed E-state index contributed by atoms with van der Waals surface area (Å²) in [5, 5.41) is 0. The van der Waals surface area contributed by atoms with Gasteiger partial charge in [0.2, 0.25) is 0 Å². The van der Waals surface area contributed by atoms with Crippen LogP contribution >= 0.6 is 7.60 Å². The Morgan fingerprint density at radius 2 is 1.32 bits per heavy atom. The Morgan fingerprint density at radius 3 is 1.68 bits per heavy atom. The van der Waals surface area contributed by atoms with Crippen molar-refractivity contribution in [2.45, 2.75) is 81.1 Å². The van der Waals surface area contributed by atoms with Crippen LogP contribution in [0, 0.1) is 28.6 Å². The molecule has 0 rings (SSSR count). The maximum absolute atomic E-state index is 11.5. The van der Waals surface area contributed by atoms with Crippen LogP contribution in [0.2, 0.25) is 0 Å². The van der Waals surface area contributed by atoms with Crippen molar-refractivity contribution in [1.29, 1.82) is 0 Å². The minimum absolute atomic E-state index is 0.0342. The van der Waals surface area contributed by atoms with Crippen LogP contribution in [0.25, 0.3) is 0 Å². The summed E-state index contributed by atoms with van der Waals surface area (Å²) in [7, 11) is -3.94. The highest BCUT2D eigenvalue weighted by molar-refractivity contribution is 7.51. The molecule has 0 amide bonds. The summed E-state index contributed by atoms with van der Waals surface area (Å²) >= 11 is 0. The van der Waals surface area contributed by atoms with E-state index in [1.54, 1.807) is 0 Å². The average Bonchev–Trinajstić information content (AvgIpc) is 2.17. The molecule has 0 heterocycles. The number of hydrogen-bond acceptors (Lipinski definition) is 1. The Labute approximate surface area is 138 Å². The predicted octanol–water partition coefficient (Wildman–Crippen LogP) is 5.71. The first-order chi connectivity index (χ1) is 9.59. The van der Waals surface area contributed by atoms with Gasteiger partial charge in [-0.2, -0.15) is 0 Å². The van der Waals surface area contributed by atoms with Gasteiger partial charge in [-0.3, -0.25) is 4.57 Å². The monoisotopic (exact) mass is 334 g/mol. The van der Waals surface area contributed by atoms with Gasteiger partial charge in [0.05, 0.1) is 6.16 Å². The zero-order valence-electron chi connectivity index (χ0n) is 16.0. The molecule has 22 heavy (non-hydrogen) atoms. The van der Waals surface area contributed by atoms with Gasteiger partial charge in [0.1, 0.15) is 0 Å². The van der Waals surface area contributed by atoms with E-state index in [9.17, 15) is 14.4 Å². The van der Waals surface area contributed by atoms with E-state index in [0.29, 0.717) is 17.3 Å². The predicted molar refractivity (Wildman–Crippen MR) is 96.1 cm³/mol. The molecule has 0 aliphatic rings.